The van der Waals surface area contributed by atoms with Gasteiger partial charge in [-0.15, -0.1) is 0 Å². The fourth-order valence-electron chi connectivity index (χ4n) is 1.74. The van der Waals surface area contributed by atoms with Gasteiger partial charge in [0.1, 0.15) is 5.75 Å². The standard InChI is InChI=1S/C11H10ClF6NO/c1-20-7-3-2-5(12)4-6(7)8(19)9(10(13,14)15)11(16,17)18/h2-4,8-9H,19H2,1H3. The van der Waals surface area contributed by atoms with E-state index < -0.39 is 29.9 Å². The maximum absolute atomic E-state index is 12.6. The molecular formula is C11H10ClF6NO. The second kappa shape index (κ2) is 5.69. The van der Waals surface area contributed by atoms with Gasteiger partial charge < -0.3 is 10.5 Å². The van der Waals surface area contributed by atoms with Crippen molar-refractivity contribution in [2.75, 3.05) is 7.11 Å². The fourth-order valence-corrected chi connectivity index (χ4v) is 1.92. The summed E-state index contributed by atoms with van der Waals surface area (Å²) < 4.78 is 80.4. The van der Waals surface area contributed by atoms with E-state index in [4.69, 9.17) is 22.1 Å². The molecule has 0 spiro atoms. The second-order valence-corrected chi connectivity index (χ2v) is 4.41. The number of hydrogen-bond acceptors (Lipinski definition) is 2. The molecule has 0 aliphatic heterocycles. The summed E-state index contributed by atoms with van der Waals surface area (Å²) in [6, 6.07) is 0.979. The zero-order valence-corrected chi connectivity index (χ0v) is 10.8. The van der Waals surface area contributed by atoms with Crippen molar-refractivity contribution in [3.8, 4) is 5.75 Å². The Hall–Kier alpha value is -1.15. The predicted molar refractivity (Wildman–Crippen MR) is 60.5 cm³/mol. The van der Waals surface area contributed by atoms with Crippen LogP contribution in [0.3, 0.4) is 0 Å². The first kappa shape index (κ1) is 16.9. The molecule has 1 aromatic carbocycles. The molecule has 9 heteroatoms. The lowest BCUT2D eigenvalue weighted by atomic mass is 9.92. The number of halogens is 7. The number of rotatable bonds is 3. The molecule has 2 nitrogen and oxygen atoms in total. The van der Waals surface area contributed by atoms with E-state index in [1.165, 1.54) is 6.07 Å². The highest BCUT2D eigenvalue weighted by Crippen LogP contribution is 2.47. The average Bonchev–Trinajstić information content (AvgIpc) is 2.24. The van der Waals surface area contributed by atoms with E-state index in [1.54, 1.807) is 0 Å². The Morgan fingerprint density at radius 3 is 2.00 bits per heavy atom. The molecule has 0 aliphatic carbocycles. The Labute approximate surface area is 115 Å². The highest BCUT2D eigenvalue weighted by atomic mass is 35.5. The first-order valence-electron chi connectivity index (χ1n) is 5.21. The van der Waals surface area contributed by atoms with Crippen LogP contribution in [-0.4, -0.2) is 19.5 Å². The molecule has 0 heterocycles. The van der Waals surface area contributed by atoms with E-state index in [9.17, 15) is 26.3 Å². The van der Waals surface area contributed by atoms with E-state index in [2.05, 4.69) is 0 Å². The van der Waals surface area contributed by atoms with Crippen molar-refractivity contribution in [1.82, 2.24) is 0 Å². The van der Waals surface area contributed by atoms with Gasteiger partial charge in [0.25, 0.3) is 0 Å². The van der Waals surface area contributed by atoms with Crippen molar-refractivity contribution in [3.63, 3.8) is 0 Å². The number of hydrogen-bond donors (Lipinski definition) is 1. The lowest BCUT2D eigenvalue weighted by molar-refractivity contribution is -0.290. The Morgan fingerprint density at radius 1 is 1.10 bits per heavy atom. The monoisotopic (exact) mass is 321 g/mol. The Balaban J connectivity index is 3.33. The van der Waals surface area contributed by atoms with E-state index in [0.29, 0.717) is 0 Å². The van der Waals surface area contributed by atoms with Gasteiger partial charge in [-0.3, -0.25) is 0 Å². The summed E-state index contributed by atoms with van der Waals surface area (Å²) in [6.45, 7) is 0. The maximum atomic E-state index is 12.6. The summed E-state index contributed by atoms with van der Waals surface area (Å²) in [6.07, 6.45) is -11.1. The van der Waals surface area contributed by atoms with Crippen LogP contribution in [0, 0.1) is 5.92 Å². The second-order valence-electron chi connectivity index (χ2n) is 3.97. The average molecular weight is 322 g/mol. The number of methoxy groups -OCH3 is 1. The lowest BCUT2D eigenvalue weighted by Crippen LogP contribution is -2.44. The zero-order valence-electron chi connectivity index (χ0n) is 10.0. The summed E-state index contributed by atoms with van der Waals surface area (Å²) in [4.78, 5) is 0. The minimum Gasteiger partial charge on any atom is -0.496 e. The van der Waals surface area contributed by atoms with E-state index >= 15 is 0 Å². The normalized spacial score (nSPS) is 14.5. The Morgan fingerprint density at radius 2 is 1.60 bits per heavy atom. The highest BCUT2D eigenvalue weighted by Gasteiger charge is 2.60. The number of nitrogens with two attached hydrogens (primary N) is 1. The quantitative estimate of drug-likeness (QED) is 0.851. The van der Waals surface area contributed by atoms with Crippen LogP contribution in [0.1, 0.15) is 11.6 Å². The van der Waals surface area contributed by atoms with Crippen molar-refractivity contribution in [2.24, 2.45) is 11.7 Å². The predicted octanol–water partition coefficient (Wildman–Crippen LogP) is 4.09. The van der Waals surface area contributed by atoms with Gasteiger partial charge in [-0.1, -0.05) is 11.6 Å². The van der Waals surface area contributed by atoms with Gasteiger partial charge in [-0.25, -0.2) is 0 Å². The lowest BCUT2D eigenvalue weighted by Gasteiger charge is -2.29. The van der Waals surface area contributed by atoms with Crippen LogP contribution in [0.2, 0.25) is 5.02 Å². The van der Waals surface area contributed by atoms with Crippen molar-refractivity contribution < 1.29 is 31.1 Å². The van der Waals surface area contributed by atoms with Crippen LogP contribution in [0.5, 0.6) is 5.75 Å². The minimum atomic E-state index is -5.54. The van der Waals surface area contributed by atoms with Crippen LogP contribution in [0.25, 0.3) is 0 Å². The third-order valence-electron chi connectivity index (χ3n) is 2.62. The van der Waals surface area contributed by atoms with Crippen molar-refractivity contribution in [2.45, 2.75) is 18.4 Å². The fraction of sp³-hybridized carbons (Fsp3) is 0.455. The Bertz CT molecular complexity index is 459. The third-order valence-corrected chi connectivity index (χ3v) is 2.85. The summed E-state index contributed by atoms with van der Waals surface area (Å²) >= 11 is 5.58. The molecule has 1 unspecified atom stereocenters. The van der Waals surface area contributed by atoms with Gasteiger partial charge in [0.15, 0.2) is 5.92 Å². The minimum absolute atomic E-state index is 0.0423. The van der Waals surface area contributed by atoms with Crippen molar-refractivity contribution >= 4 is 11.6 Å². The largest absolute Gasteiger partial charge is 0.496 e. The van der Waals surface area contributed by atoms with Crippen LogP contribution in [-0.2, 0) is 0 Å². The summed E-state index contributed by atoms with van der Waals surface area (Å²) in [5, 5.41) is -0.0423. The SMILES string of the molecule is COc1ccc(Cl)cc1C(N)C(C(F)(F)F)C(F)(F)F. The van der Waals surface area contributed by atoms with Crippen LogP contribution >= 0.6 is 11.6 Å². The third kappa shape index (κ3) is 3.69. The van der Waals surface area contributed by atoms with Crippen LogP contribution in [0.4, 0.5) is 26.3 Å². The van der Waals surface area contributed by atoms with Gasteiger partial charge in [0.2, 0.25) is 0 Å². The van der Waals surface area contributed by atoms with Gasteiger partial charge >= 0.3 is 12.4 Å². The maximum Gasteiger partial charge on any atom is 0.402 e. The molecule has 0 radical (unpaired) electrons. The Kier molecular flexibility index (Phi) is 4.81. The van der Waals surface area contributed by atoms with E-state index in [0.717, 1.165) is 19.2 Å². The zero-order chi connectivity index (χ0) is 15.7. The molecule has 1 rings (SSSR count). The molecule has 0 bridgehead atoms. The molecule has 0 saturated carbocycles. The molecule has 114 valence electrons. The molecule has 0 fully saturated rings. The van der Waals surface area contributed by atoms with E-state index in [1.807, 2.05) is 0 Å². The molecule has 1 aromatic rings. The summed E-state index contributed by atoms with van der Waals surface area (Å²) in [5.74, 6) is -3.90. The molecule has 0 amide bonds. The van der Waals surface area contributed by atoms with E-state index in [-0.39, 0.29) is 10.8 Å². The van der Waals surface area contributed by atoms with Crippen LogP contribution in [0.15, 0.2) is 18.2 Å². The smallest absolute Gasteiger partial charge is 0.402 e. The van der Waals surface area contributed by atoms with Gasteiger partial charge in [-0.2, -0.15) is 26.3 Å². The number of ether oxygens (including phenoxy) is 1. The highest BCUT2D eigenvalue weighted by molar-refractivity contribution is 6.30. The van der Waals surface area contributed by atoms with Gasteiger partial charge in [-0.05, 0) is 18.2 Å². The molecule has 20 heavy (non-hydrogen) atoms. The topological polar surface area (TPSA) is 35.2 Å². The van der Waals surface area contributed by atoms with Gasteiger partial charge in [0.05, 0.1) is 13.2 Å². The van der Waals surface area contributed by atoms with Crippen LogP contribution < -0.4 is 10.5 Å². The van der Waals surface area contributed by atoms with Crippen molar-refractivity contribution in [3.05, 3.63) is 28.8 Å². The van der Waals surface area contributed by atoms with Crippen molar-refractivity contribution in [1.29, 1.82) is 0 Å². The number of alkyl halides is 6. The molecular weight excluding hydrogens is 312 g/mol. The first-order valence-corrected chi connectivity index (χ1v) is 5.58. The molecule has 0 aromatic heterocycles. The molecule has 1 atom stereocenters. The van der Waals surface area contributed by atoms with Gasteiger partial charge in [0, 0.05) is 10.6 Å². The number of benzene rings is 1. The first-order chi connectivity index (χ1) is 8.98. The molecule has 2 N–H and O–H groups in total. The summed E-state index contributed by atoms with van der Waals surface area (Å²) in [7, 11) is 1.11. The summed E-state index contributed by atoms with van der Waals surface area (Å²) in [5.41, 5.74) is 4.72. The molecule has 0 aliphatic rings. The molecule has 0 saturated heterocycles.